The molecule has 0 fully saturated rings. The summed E-state index contributed by atoms with van der Waals surface area (Å²) in [5, 5.41) is 6.61. The Morgan fingerprint density at radius 2 is 2.10 bits per heavy atom. The van der Waals surface area contributed by atoms with Gasteiger partial charge in [0.15, 0.2) is 0 Å². The Kier molecular flexibility index (Phi) is 2.25. The lowest BCUT2D eigenvalue weighted by Gasteiger charge is -1.74. The maximum Gasteiger partial charge on any atom is 0.385 e. The molecule has 0 N–H and O–H groups in total. The van der Waals surface area contributed by atoms with Crippen LogP contribution in [-0.2, 0) is 0 Å². The van der Waals surface area contributed by atoms with Gasteiger partial charge in [-0.25, -0.2) is 4.79 Å². The highest BCUT2D eigenvalue weighted by molar-refractivity contribution is 5.87. The lowest BCUT2D eigenvalue weighted by molar-refractivity contribution is 0.256. The Bertz CT molecular complexity index is 213. The Balaban J connectivity index is 2.80. The van der Waals surface area contributed by atoms with Crippen LogP contribution in [0.4, 0.5) is 4.79 Å². The number of hydrogen-bond acceptors (Lipinski definition) is 2. The summed E-state index contributed by atoms with van der Waals surface area (Å²) in [5.74, 6) is 0. The largest absolute Gasteiger partial charge is 0.385 e. The van der Waals surface area contributed by atoms with Crippen molar-refractivity contribution in [3.63, 3.8) is 0 Å². The van der Waals surface area contributed by atoms with Crippen LogP contribution >= 0.6 is 0 Å². The summed E-state index contributed by atoms with van der Waals surface area (Å²) in [6.45, 7) is 0. The van der Waals surface area contributed by atoms with Crippen molar-refractivity contribution in [1.29, 1.82) is 0 Å². The number of aliphatic imine (C=N–C) groups is 1. The van der Waals surface area contributed by atoms with E-state index in [1.807, 2.05) is 0 Å². The van der Waals surface area contributed by atoms with Crippen LogP contribution in [0.5, 0.6) is 0 Å². The van der Waals surface area contributed by atoms with Gasteiger partial charge in [-0.2, -0.15) is 10.1 Å². The molecule has 4 heteroatoms. The molecular weight excluding hydrogens is 130 g/mol. The second kappa shape index (κ2) is 3.45. The van der Waals surface area contributed by atoms with E-state index < -0.39 is 6.03 Å². The summed E-state index contributed by atoms with van der Waals surface area (Å²) in [6.07, 6.45) is 7.79. The Labute approximate surface area is 57.7 Å². The number of hydrogen-bond donors (Lipinski definition) is 0. The molecule has 2 amide bonds. The van der Waals surface area contributed by atoms with E-state index in [0.717, 1.165) is 0 Å². The molecule has 1 aliphatic rings. The maximum absolute atomic E-state index is 10.5. The highest BCUT2D eigenvalue weighted by Crippen LogP contribution is 1.88. The van der Waals surface area contributed by atoms with Gasteiger partial charge >= 0.3 is 6.03 Å². The van der Waals surface area contributed by atoms with Crippen molar-refractivity contribution >= 4 is 12.2 Å². The molecule has 1 rings (SSSR count). The molecular formula is C6H5N3O. The number of azo groups is 1. The van der Waals surface area contributed by atoms with Crippen molar-refractivity contribution in [1.82, 2.24) is 0 Å². The lowest BCUT2D eigenvalue weighted by Crippen LogP contribution is -1.80. The summed E-state index contributed by atoms with van der Waals surface area (Å²) in [6, 6.07) is -0.587. The van der Waals surface area contributed by atoms with Crippen LogP contribution < -0.4 is 0 Å². The third-order valence-corrected chi connectivity index (χ3v) is 0.789. The molecule has 0 aromatic carbocycles. The van der Waals surface area contributed by atoms with Gasteiger partial charge in [0.05, 0.1) is 0 Å². The zero-order valence-corrected chi connectivity index (χ0v) is 5.14. The molecule has 1 heterocycles. The average Bonchev–Trinajstić information content (AvgIpc) is 2.02. The third kappa shape index (κ3) is 2.13. The minimum atomic E-state index is -0.587. The van der Waals surface area contributed by atoms with Gasteiger partial charge in [-0.05, 0) is 12.2 Å². The molecule has 0 bridgehead atoms. The van der Waals surface area contributed by atoms with Crippen LogP contribution in [0.2, 0.25) is 0 Å². The van der Waals surface area contributed by atoms with Gasteiger partial charge in [0.1, 0.15) is 0 Å². The molecule has 0 radical (unpaired) electrons. The molecule has 0 saturated carbocycles. The fourth-order valence-electron chi connectivity index (χ4n) is 0.417. The van der Waals surface area contributed by atoms with Crippen LogP contribution in [-0.4, -0.2) is 12.2 Å². The fraction of sp³-hybridized carbons (Fsp3) is 0. The van der Waals surface area contributed by atoms with Gasteiger partial charge in [-0.15, -0.1) is 0 Å². The van der Waals surface area contributed by atoms with E-state index in [-0.39, 0.29) is 0 Å². The van der Waals surface area contributed by atoms with Crippen molar-refractivity contribution in [2.75, 3.05) is 0 Å². The number of urea groups is 1. The van der Waals surface area contributed by atoms with E-state index in [2.05, 4.69) is 15.2 Å². The average molecular weight is 135 g/mol. The third-order valence-electron chi connectivity index (χ3n) is 0.789. The normalized spacial score (nSPS) is 29.4. The topological polar surface area (TPSA) is 54.1 Å². The van der Waals surface area contributed by atoms with Gasteiger partial charge < -0.3 is 0 Å². The van der Waals surface area contributed by atoms with Crippen molar-refractivity contribution in [2.24, 2.45) is 15.2 Å². The quantitative estimate of drug-likeness (QED) is 0.498. The predicted octanol–water partition coefficient (Wildman–Crippen LogP) is 1.71. The molecule has 0 aliphatic carbocycles. The van der Waals surface area contributed by atoms with Crippen LogP contribution in [0.25, 0.3) is 0 Å². The van der Waals surface area contributed by atoms with Crippen molar-refractivity contribution in [3.8, 4) is 0 Å². The van der Waals surface area contributed by atoms with Crippen LogP contribution in [0.15, 0.2) is 39.6 Å². The predicted molar refractivity (Wildman–Crippen MR) is 37.0 cm³/mol. The van der Waals surface area contributed by atoms with Crippen molar-refractivity contribution in [3.05, 3.63) is 24.4 Å². The van der Waals surface area contributed by atoms with Gasteiger partial charge in [0.2, 0.25) is 0 Å². The number of nitrogens with zero attached hydrogens (tertiary/aromatic N) is 3. The summed E-state index contributed by atoms with van der Waals surface area (Å²) >= 11 is 0. The van der Waals surface area contributed by atoms with Gasteiger partial charge in [0, 0.05) is 12.4 Å². The molecule has 1 aliphatic heterocycles. The molecule has 50 valence electrons. The minimum absolute atomic E-state index is 0.587. The van der Waals surface area contributed by atoms with Crippen LogP contribution in [0.3, 0.4) is 0 Å². The highest BCUT2D eigenvalue weighted by atomic mass is 16.2. The molecule has 10 heavy (non-hydrogen) atoms. The summed E-state index contributed by atoms with van der Waals surface area (Å²) in [5.41, 5.74) is 0. The monoisotopic (exact) mass is 135 g/mol. The molecule has 0 unspecified atom stereocenters. The molecule has 0 saturated heterocycles. The first-order valence-corrected chi connectivity index (χ1v) is 2.70. The van der Waals surface area contributed by atoms with E-state index in [0.29, 0.717) is 0 Å². The number of carbonyl (C=O) groups excluding carboxylic acids is 1. The lowest BCUT2D eigenvalue weighted by atomic mass is 10.5. The molecule has 4 nitrogen and oxygen atoms in total. The van der Waals surface area contributed by atoms with E-state index in [1.54, 1.807) is 18.2 Å². The molecule has 0 aromatic heterocycles. The zero-order valence-electron chi connectivity index (χ0n) is 5.14. The van der Waals surface area contributed by atoms with E-state index in [1.165, 1.54) is 12.4 Å². The first kappa shape index (κ1) is 6.54. The minimum Gasteiger partial charge on any atom is -0.242 e. The molecule has 0 aromatic rings. The number of rotatable bonds is 0. The fourth-order valence-corrected chi connectivity index (χ4v) is 0.417. The SMILES string of the molecule is O=C1\N=N/C=C/C=C\C=N\1. The maximum atomic E-state index is 10.5. The standard InChI is InChI=1S/C6H5N3O/c10-6-7-4-2-1-3-5-8-9-6/h1-5H/b2-1-,5-3+,7-4+,9-8-. The van der Waals surface area contributed by atoms with Crippen molar-refractivity contribution < 1.29 is 4.79 Å². The van der Waals surface area contributed by atoms with Crippen LogP contribution in [0, 0.1) is 0 Å². The molecule has 0 spiro atoms. The molecule has 0 atom stereocenters. The summed E-state index contributed by atoms with van der Waals surface area (Å²) in [7, 11) is 0. The first-order chi connectivity index (χ1) is 4.89. The number of amides is 2. The highest BCUT2D eigenvalue weighted by Gasteiger charge is 1.88. The Hall–Kier alpha value is -1.58. The van der Waals surface area contributed by atoms with Gasteiger partial charge in [-0.3, -0.25) is 0 Å². The second-order valence-corrected chi connectivity index (χ2v) is 1.50. The second-order valence-electron chi connectivity index (χ2n) is 1.50. The first-order valence-electron chi connectivity index (χ1n) is 2.70. The van der Waals surface area contributed by atoms with Gasteiger partial charge in [-0.1, -0.05) is 11.2 Å². The Morgan fingerprint density at radius 1 is 1.20 bits per heavy atom. The summed E-state index contributed by atoms with van der Waals surface area (Å²) < 4.78 is 0. The van der Waals surface area contributed by atoms with Crippen molar-refractivity contribution in [2.45, 2.75) is 0 Å². The smallest absolute Gasteiger partial charge is 0.242 e. The van der Waals surface area contributed by atoms with E-state index in [9.17, 15) is 4.79 Å². The number of allylic oxidation sites excluding steroid dienone is 3. The van der Waals surface area contributed by atoms with Crippen LogP contribution in [0.1, 0.15) is 0 Å². The summed E-state index contributed by atoms with van der Waals surface area (Å²) in [4.78, 5) is 13.9. The Morgan fingerprint density at radius 3 is 3.00 bits per heavy atom. The van der Waals surface area contributed by atoms with Gasteiger partial charge in [0.25, 0.3) is 0 Å². The zero-order chi connectivity index (χ0) is 7.23. The van der Waals surface area contributed by atoms with E-state index >= 15 is 0 Å². The van der Waals surface area contributed by atoms with E-state index in [4.69, 9.17) is 0 Å². The number of carbonyl (C=O) groups is 1.